The van der Waals surface area contributed by atoms with Gasteiger partial charge in [-0.3, -0.25) is 19.0 Å². The lowest BCUT2D eigenvalue weighted by Crippen LogP contribution is -2.36. The van der Waals surface area contributed by atoms with Gasteiger partial charge in [-0.05, 0) is 80.8 Å². The SMILES string of the molecule is CCCCCCCC(=O)N(c1nn(C)c2c(-c3ccc(C#CC(C)(C)S(C)(=O)=O)nc3C(Cc3cc(F)cc(F)c3)NC(=O)Cn3nc(C(F)(F)F)c4c3C(F)(F)[C@@H]3C[C@H]43)ccc(Cl)c12)S(C)(=O)=O. The van der Waals surface area contributed by atoms with E-state index in [1.54, 1.807) is 0 Å². The van der Waals surface area contributed by atoms with Crippen LogP contribution >= 0.6 is 11.6 Å². The summed E-state index contributed by atoms with van der Waals surface area (Å²) in [6, 6.07) is 6.63. The molecule has 1 saturated carbocycles. The number of sulfone groups is 1. The van der Waals surface area contributed by atoms with Crippen LogP contribution in [-0.4, -0.2) is 70.5 Å². The maximum Gasteiger partial charge on any atom is 0.435 e. The summed E-state index contributed by atoms with van der Waals surface area (Å²) >= 11 is 6.80. The number of carbonyl (C=O) groups is 2. The van der Waals surface area contributed by atoms with Gasteiger partial charge in [0.25, 0.3) is 5.92 Å². The summed E-state index contributed by atoms with van der Waals surface area (Å²) in [5, 5.41) is 10.5. The van der Waals surface area contributed by atoms with Gasteiger partial charge < -0.3 is 5.32 Å². The van der Waals surface area contributed by atoms with Crippen molar-refractivity contribution in [1.82, 2.24) is 29.9 Å². The van der Waals surface area contributed by atoms with Crippen molar-refractivity contribution in [2.75, 3.05) is 16.8 Å². The van der Waals surface area contributed by atoms with Crippen molar-refractivity contribution >= 4 is 60.0 Å². The number of amides is 2. The first-order chi connectivity index (χ1) is 32.0. The minimum absolute atomic E-state index is 0.00841. The molecule has 0 spiro atoms. The molecule has 0 saturated heterocycles. The minimum Gasteiger partial charge on any atom is -0.346 e. The highest BCUT2D eigenvalue weighted by Crippen LogP contribution is 2.68. The number of nitrogens with zero attached hydrogens (tertiary/aromatic N) is 6. The third kappa shape index (κ3) is 10.4. The summed E-state index contributed by atoms with van der Waals surface area (Å²) < 4.78 is 156. The Morgan fingerprint density at radius 3 is 2.25 bits per heavy atom. The topological polar surface area (TPSA) is 166 Å². The number of benzene rings is 2. The summed E-state index contributed by atoms with van der Waals surface area (Å²) in [7, 11) is -6.69. The summed E-state index contributed by atoms with van der Waals surface area (Å²) in [6.07, 6.45) is -0.414. The molecule has 69 heavy (non-hydrogen) atoms. The highest BCUT2D eigenvalue weighted by molar-refractivity contribution is 7.93. The fourth-order valence-electron chi connectivity index (χ4n) is 8.65. The number of halogens is 8. The molecule has 0 bridgehead atoms. The molecule has 0 radical (unpaired) electrons. The van der Waals surface area contributed by atoms with E-state index in [4.69, 9.17) is 16.6 Å². The van der Waals surface area contributed by atoms with Crippen LogP contribution in [0.3, 0.4) is 0 Å². The van der Waals surface area contributed by atoms with E-state index < -0.39 is 108 Å². The van der Waals surface area contributed by atoms with Crippen LogP contribution in [0.4, 0.5) is 36.6 Å². The Labute approximate surface area is 398 Å². The molecular formula is C46H47ClF7N7O6S2. The van der Waals surface area contributed by atoms with Crippen molar-refractivity contribution in [3.05, 3.63) is 93.0 Å². The highest BCUT2D eigenvalue weighted by atomic mass is 35.5. The molecule has 370 valence electrons. The summed E-state index contributed by atoms with van der Waals surface area (Å²) in [5.74, 6) is -5.21. The van der Waals surface area contributed by atoms with Gasteiger partial charge in [0.05, 0.1) is 33.9 Å². The van der Waals surface area contributed by atoms with Crippen LogP contribution in [0.15, 0.2) is 42.5 Å². The number of fused-ring (bicyclic) bond motifs is 4. The van der Waals surface area contributed by atoms with E-state index in [1.165, 1.54) is 49.8 Å². The lowest BCUT2D eigenvalue weighted by atomic mass is 9.93. The molecule has 5 aromatic rings. The van der Waals surface area contributed by atoms with Gasteiger partial charge in [-0.1, -0.05) is 56.2 Å². The second-order valence-electron chi connectivity index (χ2n) is 18.0. The van der Waals surface area contributed by atoms with Crippen LogP contribution in [0.1, 0.15) is 112 Å². The molecule has 1 fully saturated rings. The van der Waals surface area contributed by atoms with Gasteiger partial charge in [0, 0.05) is 48.4 Å². The number of nitrogens with one attached hydrogen (secondary N) is 1. The van der Waals surface area contributed by atoms with Crippen LogP contribution in [-0.2, 0) is 61.6 Å². The normalized spacial score (nSPS) is 17.0. The first kappa shape index (κ1) is 51.3. The fraction of sp³-hybridized carbons (Fsp3) is 0.457. The molecular weight excluding hydrogens is 979 g/mol. The number of hydrogen-bond donors (Lipinski definition) is 1. The van der Waals surface area contributed by atoms with E-state index in [-0.39, 0.29) is 62.7 Å². The number of aryl methyl sites for hydroxylation is 1. The van der Waals surface area contributed by atoms with Crippen LogP contribution in [0.5, 0.6) is 0 Å². The zero-order chi connectivity index (χ0) is 50.8. The van der Waals surface area contributed by atoms with Gasteiger partial charge >= 0.3 is 6.18 Å². The summed E-state index contributed by atoms with van der Waals surface area (Å²) in [4.78, 5) is 32.6. The molecule has 3 heterocycles. The van der Waals surface area contributed by atoms with E-state index >= 15 is 8.78 Å². The third-order valence-electron chi connectivity index (χ3n) is 12.3. The fourth-order valence-corrected chi connectivity index (χ4v) is 10.0. The van der Waals surface area contributed by atoms with E-state index in [0.717, 1.165) is 43.9 Å². The predicted molar refractivity (Wildman–Crippen MR) is 243 cm³/mol. The number of alkyl halides is 5. The average Bonchev–Trinajstić information content (AvgIpc) is 3.76. The van der Waals surface area contributed by atoms with Gasteiger partial charge in [-0.25, -0.2) is 30.6 Å². The quantitative estimate of drug-likeness (QED) is 0.0577. The monoisotopic (exact) mass is 1030 g/mol. The molecule has 3 atom stereocenters. The number of unbranched alkanes of at least 4 members (excludes halogenated alkanes) is 4. The molecule has 2 amide bonds. The van der Waals surface area contributed by atoms with Gasteiger partial charge in [0.1, 0.15) is 34.3 Å². The Morgan fingerprint density at radius 1 is 0.971 bits per heavy atom. The Morgan fingerprint density at radius 2 is 1.62 bits per heavy atom. The number of pyridine rings is 1. The van der Waals surface area contributed by atoms with Crippen molar-refractivity contribution in [3.8, 4) is 23.0 Å². The van der Waals surface area contributed by atoms with Crippen LogP contribution < -0.4 is 9.62 Å². The molecule has 23 heteroatoms. The average molecular weight is 1030 g/mol. The first-order valence-electron chi connectivity index (χ1n) is 21.8. The largest absolute Gasteiger partial charge is 0.435 e. The zero-order valence-corrected chi connectivity index (χ0v) is 40.5. The van der Waals surface area contributed by atoms with Gasteiger partial charge in [-0.15, -0.1) is 0 Å². The minimum atomic E-state index is -5.13. The second kappa shape index (κ2) is 18.7. The van der Waals surface area contributed by atoms with E-state index in [9.17, 15) is 48.4 Å². The van der Waals surface area contributed by atoms with Crippen LogP contribution in [0, 0.1) is 29.4 Å². The zero-order valence-electron chi connectivity index (χ0n) is 38.1. The predicted octanol–water partition coefficient (Wildman–Crippen LogP) is 8.92. The molecule has 7 rings (SSSR count). The van der Waals surface area contributed by atoms with Crippen molar-refractivity contribution in [2.45, 2.75) is 107 Å². The lowest BCUT2D eigenvalue weighted by molar-refractivity contribution is -0.142. The maximum absolute atomic E-state index is 15.6. The van der Waals surface area contributed by atoms with Gasteiger partial charge in [-0.2, -0.15) is 36.5 Å². The number of anilines is 1. The molecule has 1 unspecified atom stereocenters. The van der Waals surface area contributed by atoms with E-state index in [2.05, 4.69) is 27.4 Å². The Hall–Kier alpha value is -5.53. The standard InChI is InChI=1S/C46H47ClF7N7O6S2/c1-7-8-9-10-11-12-36(63)61(69(6,66)67)43-38-33(47)16-15-30(40(38)59(4)58-43)29-14-13-28(17-18-44(2,3)68(5,64)65)55-39(29)34(21-25-19-26(48)22-27(49)20-25)56-35(62)24-60-42-37(41(57-60)46(52,53)54)31-23-32(31)45(42,50)51/h13-16,19-20,22,31-32,34H,7-12,21,23-24H2,1-6H3,(H,56,62)/t31-,32+,34?/m0/s1. The number of rotatable bonds is 16. The van der Waals surface area contributed by atoms with E-state index in [0.29, 0.717) is 27.9 Å². The van der Waals surface area contributed by atoms with Crippen LogP contribution in [0.25, 0.3) is 22.0 Å². The molecule has 2 aliphatic rings. The first-order valence-corrected chi connectivity index (χ1v) is 25.9. The molecule has 13 nitrogen and oxygen atoms in total. The molecule has 2 aliphatic carbocycles. The van der Waals surface area contributed by atoms with Crippen LogP contribution in [0.2, 0.25) is 5.02 Å². The molecule has 0 aliphatic heterocycles. The molecule has 3 aromatic heterocycles. The van der Waals surface area contributed by atoms with Crippen molar-refractivity contribution < 1.29 is 57.2 Å². The maximum atomic E-state index is 15.6. The summed E-state index contributed by atoms with van der Waals surface area (Å²) in [6.45, 7) is 3.54. The van der Waals surface area contributed by atoms with Gasteiger partial charge in [0.2, 0.25) is 21.8 Å². The second-order valence-corrected chi connectivity index (χ2v) is 22.8. The smallest absolute Gasteiger partial charge is 0.346 e. The number of aromatic nitrogens is 5. The van der Waals surface area contributed by atoms with Gasteiger partial charge in [0.15, 0.2) is 21.3 Å². The van der Waals surface area contributed by atoms with Crippen molar-refractivity contribution in [1.29, 1.82) is 0 Å². The number of sulfonamides is 1. The third-order valence-corrected chi connectivity index (χ3v) is 15.6. The Balaban J connectivity index is 1.41. The Bertz CT molecular complexity index is 3160. The van der Waals surface area contributed by atoms with Crippen molar-refractivity contribution in [2.24, 2.45) is 13.0 Å². The van der Waals surface area contributed by atoms with E-state index in [1.807, 2.05) is 6.92 Å². The van der Waals surface area contributed by atoms with Crippen molar-refractivity contribution in [3.63, 3.8) is 0 Å². The Kier molecular flexibility index (Phi) is 13.9. The summed E-state index contributed by atoms with van der Waals surface area (Å²) in [5.41, 5.74) is -3.21. The highest BCUT2D eigenvalue weighted by Gasteiger charge is 2.68. The lowest BCUT2D eigenvalue weighted by Gasteiger charge is -2.23. The molecule has 2 aromatic carbocycles. The number of hydrogen-bond acceptors (Lipinski definition) is 9. The molecule has 1 N–H and O–H groups in total. The number of carbonyl (C=O) groups excluding carboxylic acids is 2.